The minimum absolute atomic E-state index is 0.156. The predicted octanol–water partition coefficient (Wildman–Crippen LogP) is 1.59. The Labute approximate surface area is 62.5 Å². The summed E-state index contributed by atoms with van der Waals surface area (Å²) in [6.07, 6.45) is 0.577. The Morgan fingerprint density at radius 2 is 2.10 bits per heavy atom. The highest BCUT2D eigenvalue weighted by molar-refractivity contribution is 6.73. The largest absolute Gasteiger partial charge is 0.342 e. The molecule has 0 saturated carbocycles. The van der Waals surface area contributed by atoms with Gasteiger partial charge in [0.25, 0.3) is 0 Å². The maximum Gasteiger partial charge on any atom is 0.342 e. The van der Waals surface area contributed by atoms with Gasteiger partial charge in [0.15, 0.2) is 0 Å². The number of hydrogen-bond donors (Lipinski definition) is 0. The first-order valence-corrected chi connectivity index (χ1v) is 6.93. The molecule has 62 valence electrons. The minimum atomic E-state index is -3.45. The summed E-state index contributed by atoms with van der Waals surface area (Å²) >= 11 is 0. The summed E-state index contributed by atoms with van der Waals surface area (Å²) < 4.78 is 36.8. The highest BCUT2D eigenvalue weighted by Gasteiger charge is 2.36. The fourth-order valence-corrected chi connectivity index (χ4v) is 3.33. The predicted molar refractivity (Wildman–Crippen MR) is 40.4 cm³/mol. The second kappa shape index (κ2) is 4.14. The molecular weight excluding hydrogens is 175 g/mol. The zero-order valence-corrected chi connectivity index (χ0v) is 8.62. The van der Waals surface area contributed by atoms with Crippen LogP contribution in [-0.2, 0) is 0 Å². The molecule has 0 rings (SSSR count). The zero-order chi connectivity index (χ0) is 8.20. The molecule has 1 nitrogen and oxygen atoms in total. The third kappa shape index (κ3) is 2.85. The van der Waals surface area contributed by atoms with Gasteiger partial charge in [-0.25, -0.2) is 0 Å². The Morgan fingerprint density at radius 1 is 1.60 bits per heavy atom. The van der Waals surface area contributed by atoms with Gasteiger partial charge < -0.3 is 0 Å². The standard InChI is InChI=1S/C4H12F3NSi2/c1-3-4-10(2,7)8(5)9-6/h3-4,9H2,1-2H3. The van der Waals surface area contributed by atoms with E-state index < -0.39 is 18.6 Å². The van der Waals surface area contributed by atoms with Gasteiger partial charge in [0, 0.05) is 0 Å². The third-order valence-electron chi connectivity index (χ3n) is 1.32. The first-order chi connectivity index (χ1) is 4.54. The molecule has 0 aliphatic carbocycles. The van der Waals surface area contributed by atoms with Crippen molar-refractivity contribution in [2.24, 2.45) is 0 Å². The smallest absolute Gasteiger partial charge is 0.300 e. The lowest BCUT2D eigenvalue weighted by molar-refractivity contribution is 0.212. The van der Waals surface area contributed by atoms with Crippen molar-refractivity contribution >= 4 is 18.6 Å². The number of hydrogen-bond acceptors (Lipinski definition) is 1. The van der Waals surface area contributed by atoms with Crippen LogP contribution < -0.4 is 0 Å². The maximum atomic E-state index is 13.0. The van der Waals surface area contributed by atoms with Crippen LogP contribution in [-0.4, -0.2) is 23.0 Å². The number of nitrogens with zero attached hydrogens (tertiary/aromatic N) is 1. The van der Waals surface area contributed by atoms with E-state index in [0.717, 1.165) is 0 Å². The fourth-order valence-electron chi connectivity index (χ4n) is 0.702. The molecule has 1 atom stereocenters. The van der Waals surface area contributed by atoms with E-state index in [2.05, 4.69) is 0 Å². The molecule has 0 aliphatic heterocycles. The van der Waals surface area contributed by atoms with E-state index in [9.17, 15) is 12.7 Å². The quantitative estimate of drug-likeness (QED) is 0.367. The molecule has 0 aromatic rings. The van der Waals surface area contributed by atoms with E-state index in [0.29, 0.717) is 6.42 Å². The number of rotatable bonds is 4. The second-order valence-electron chi connectivity index (χ2n) is 2.37. The van der Waals surface area contributed by atoms with Crippen molar-refractivity contribution in [3.8, 4) is 0 Å². The van der Waals surface area contributed by atoms with Crippen LogP contribution in [0, 0.1) is 0 Å². The molecule has 0 N–H and O–H groups in total. The van der Waals surface area contributed by atoms with Crippen molar-refractivity contribution in [2.45, 2.75) is 25.9 Å². The minimum Gasteiger partial charge on any atom is -0.300 e. The van der Waals surface area contributed by atoms with Crippen molar-refractivity contribution in [3.63, 3.8) is 0 Å². The molecule has 0 aromatic carbocycles. The van der Waals surface area contributed by atoms with Crippen molar-refractivity contribution < 1.29 is 12.7 Å². The van der Waals surface area contributed by atoms with Crippen molar-refractivity contribution in [2.75, 3.05) is 0 Å². The lowest BCUT2D eigenvalue weighted by Crippen LogP contribution is -2.43. The first-order valence-electron chi connectivity index (χ1n) is 3.23. The van der Waals surface area contributed by atoms with Crippen LogP contribution in [0.4, 0.5) is 12.7 Å². The summed E-state index contributed by atoms with van der Waals surface area (Å²) in [5.74, 6) is 0. The number of halogens is 3. The summed E-state index contributed by atoms with van der Waals surface area (Å²) in [6.45, 7) is 2.96. The topological polar surface area (TPSA) is 3.24 Å². The molecule has 1 unspecified atom stereocenters. The summed E-state index contributed by atoms with van der Waals surface area (Å²) in [5, 5.41) is 0. The van der Waals surface area contributed by atoms with Crippen LogP contribution in [0.15, 0.2) is 0 Å². The van der Waals surface area contributed by atoms with Crippen molar-refractivity contribution in [1.29, 1.82) is 0 Å². The van der Waals surface area contributed by atoms with Gasteiger partial charge in [0.1, 0.15) is 0 Å². The van der Waals surface area contributed by atoms with E-state index in [4.69, 9.17) is 0 Å². The second-order valence-corrected chi connectivity index (χ2v) is 7.07. The molecule has 0 bridgehead atoms. The third-order valence-corrected chi connectivity index (χ3v) is 6.29. The summed E-state index contributed by atoms with van der Waals surface area (Å²) in [4.78, 5) is 0. The van der Waals surface area contributed by atoms with Gasteiger partial charge in [0.2, 0.25) is 0 Å². The summed E-state index contributed by atoms with van der Waals surface area (Å²) in [7, 11) is -5.89. The lowest BCUT2D eigenvalue weighted by atomic mass is 10.6. The Kier molecular flexibility index (Phi) is 4.22. The molecule has 0 saturated heterocycles. The van der Waals surface area contributed by atoms with E-state index in [1.54, 1.807) is 6.92 Å². The highest BCUT2D eigenvalue weighted by Crippen LogP contribution is 2.18. The Hall–Kier alpha value is 0.184. The molecule has 0 amide bonds. The van der Waals surface area contributed by atoms with Crippen molar-refractivity contribution in [3.05, 3.63) is 0 Å². The first kappa shape index (κ1) is 10.2. The van der Waals surface area contributed by atoms with Crippen LogP contribution in [0.3, 0.4) is 0 Å². The molecule has 0 fully saturated rings. The van der Waals surface area contributed by atoms with Crippen LogP contribution in [0.5, 0.6) is 0 Å². The van der Waals surface area contributed by atoms with Gasteiger partial charge in [-0.3, -0.25) is 8.22 Å². The Morgan fingerprint density at radius 3 is 2.40 bits per heavy atom. The summed E-state index contributed by atoms with van der Waals surface area (Å²) in [6, 6.07) is 0.181. The average Bonchev–Trinajstić information content (AvgIpc) is 1.86. The summed E-state index contributed by atoms with van der Waals surface area (Å²) in [5.41, 5.74) is 0. The fraction of sp³-hybridized carbons (Fsp3) is 1.00. The molecule has 0 spiro atoms. The SMILES string of the molecule is CCC[Si](C)(F)N(F)[SiH2]F. The molecule has 0 radical (unpaired) electrons. The molecule has 6 heteroatoms. The van der Waals surface area contributed by atoms with Gasteiger partial charge in [-0.05, 0) is 12.6 Å². The monoisotopic (exact) mass is 187 g/mol. The van der Waals surface area contributed by atoms with E-state index in [1.807, 2.05) is 0 Å². The van der Waals surface area contributed by atoms with Gasteiger partial charge in [-0.2, -0.15) is 0 Å². The normalized spacial score (nSPS) is 18.6. The van der Waals surface area contributed by atoms with Crippen molar-refractivity contribution in [1.82, 2.24) is 4.45 Å². The molecule has 0 aromatic heterocycles. The van der Waals surface area contributed by atoms with Gasteiger partial charge in [-0.15, -0.1) is 8.93 Å². The van der Waals surface area contributed by atoms with E-state index in [1.165, 1.54) is 6.55 Å². The lowest BCUT2D eigenvalue weighted by Gasteiger charge is -2.20. The van der Waals surface area contributed by atoms with Gasteiger partial charge in [0.05, 0.1) is 0 Å². The highest BCUT2D eigenvalue weighted by atomic mass is 28.4. The maximum absolute atomic E-state index is 13.0. The van der Waals surface area contributed by atoms with Crippen LogP contribution in [0.1, 0.15) is 13.3 Å². The van der Waals surface area contributed by atoms with E-state index in [-0.39, 0.29) is 10.5 Å². The molecule has 0 aliphatic rings. The van der Waals surface area contributed by atoms with Gasteiger partial charge in [-0.1, -0.05) is 13.3 Å². The molecule has 10 heavy (non-hydrogen) atoms. The van der Waals surface area contributed by atoms with Crippen LogP contribution >= 0.6 is 0 Å². The average molecular weight is 187 g/mol. The van der Waals surface area contributed by atoms with Crippen LogP contribution in [0.2, 0.25) is 12.6 Å². The molecular formula is C4H12F3NSi2. The van der Waals surface area contributed by atoms with Gasteiger partial charge >= 0.3 is 18.6 Å². The van der Waals surface area contributed by atoms with E-state index >= 15 is 0 Å². The molecule has 0 heterocycles. The zero-order valence-electron chi connectivity index (χ0n) is 6.20. The Balaban J connectivity index is 3.82. The Bertz CT molecular complexity index is 101. The van der Waals surface area contributed by atoms with Crippen LogP contribution in [0.25, 0.3) is 0 Å².